The van der Waals surface area contributed by atoms with E-state index in [9.17, 15) is 10.1 Å². The van der Waals surface area contributed by atoms with Crippen LogP contribution in [0, 0.1) is 17.0 Å². The van der Waals surface area contributed by atoms with Crippen molar-refractivity contribution in [2.24, 2.45) is 0 Å². The SMILES string of the molecule is CCn1nc(C)c([N+](=O)[O-])c1NCCc1ncon1. The van der Waals surface area contributed by atoms with E-state index in [1.807, 2.05) is 6.92 Å². The van der Waals surface area contributed by atoms with Gasteiger partial charge in [-0.3, -0.25) is 10.1 Å². The van der Waals surface area contributed by atoms with Crippen molar-refractivity contribution in [3.8, 4) is 0 Å². The first kappa shape index (κ1) is 13.0. The highest BCUT2D eigenvalue weighted by atomic mass is 16.6. The lowest BCUT2D eigenvalue weighted by atomic mass is 10.3. The van der Waals surface area contributed by atoms with Crippen molar-refractivity contribution in [1.82, 2.24) is 19.9 Å². The molecule has 0 unspecified atom stereocenters. The normalized spacial score (nSPS) is 10.6. The van der Waals surface area contributed by atoms with E-state index in [1.54, 1.807) is 11.6 Å². The Morgan fingerprint density at radius 1 is 1.58 bits per heavy atom. The number of aromatic nitrogens is 4. The highest BCUT2D eigenvalue weighted by Gasteiger charge is 2.24. The van der Waals surface area contributed by atoms with Crippen LogP contribution < -0.4 is 5.32 Å². The lowest BCUT2D eigenvalue weighted by Crippen LogP contribution is -2.11. The molecule has 0 bridgehead atoms. The molecule has 0 amide bonds. The molecule has 1 N–H and O–H groups in total. The standard InChI is InChI=1S/C10H14N6O3/c1-3-15-10(9(16(17)18)7(2)13-15)11-5-4-8-12-6-19-14-8/h6,11H,3-5H2,1-2H3. The Balaban J connectivity index is 2.12. The minimum absolute atomic E-state index is 0.00922. The van der Waals surface area contributed by atoms with E-state index in [-0.39, 0.29) is 5.69 Å². The van der Waals surface area contributed by atoms with Crippen LogP contribution >= 0.6 is 0 Å². The summed E-state index contributed by atoms with van der Waals surface area (Å²) >= 11 is 0. The summed E-state index contributed by atoms with van der Waals surface area (Å²) in [5.41, 5.74) is 0.406. The van der Waals surface area contributed by atoms with Gasteiger partial charge in [0.05, 0.1) is 4.92 Å². The van der Waals surface area contributed by atoms with Gasteiger partial charge in [-0.1, -0.05) is 5.16 Å². The molecule has 9 nitrogen and oxygen atoms in total. The fourth-order valence-corrected chi connectivity index (χ4v) is 1.79. The van der Waals surface area contributed by atoms with E-state index >= 15 is 0 Å². The van der Waals surface area contributed by atoms with E-state index in [0.29, 0.717) is 36.8 Å². The summed E-state index contributed by atoms with van der Waals surface area (Å²) in [6, 6.07) is 0. The van der Waals surface area contributed by atoms with Gasteiger partial charge in [0.25, 0.3) is 0 Å². The Labute approximate surface area is 108 Å². The molecule has 0 aliphatic carbocycles. The van der Waals surface area contributed by atoms with Gasteiger partial charge in [0.2, 0.25) is 12.2 Å². The molecule has 102 valence electrons. The third kappa shape index (κ3) is 2.69. The number of anilines is 1. The molecule has 0 radical (unpaired) electrons. The minimum Gasteiger partial charge on any atom is -0.364 e. The third-order valence-corrected chi connectivity index (χ3v) is 2.63. The highest BCUT2D eigenvalue weighted by Crippen LogP contribution is 2.27. The van der Waals surface area contributed by atoms with Gasteiger partial charge in [-0.25, -0.2) is 4.68 Å². The Hall–Kier alpha value is -2.45. The number of hydrogen-bond donors (Lipinski definition) is 1. The van der Waals surface area contributed by atoms with Crippen molar-refractivity contribution < 1.29 is 9.45 Å². The van der Waals surface area contributed by atoms with Crippen molar-refractivity contribution in [3.05, 3.63) is 28.0 Å². The molecule has 2 aromatic heterocycles. The number of nitro groups is 1. The second kappa shape index (κ2) is 5.46. The summed E-state index contributed by atoms with van der Waals surface area (Å²) in [6.07, 6.45) is 1.76. The topological polar surface area (TPSA) is 112 Å². The number of aryl methyl sites for hydroxylation is 2. The second-order valence-corrected chi connectivity index (χ2v) is 3.88. The van der Waals surface area contributed by atoms with E-state index in [2.05, 4.69) is 25.1 Å². The van der Waals surface area contributed by atoms with Crippen LogP contribution in [0.4, 0.5) is 11.5 Å². The summed E-state index contributed by atoms with van der Waals surface area (Å²) in [4.78, 5) is 14.5. The van der Waals surface area contributed by atoms with Crippen LogP contribution in [0.1, 0.15) is 18.4 Å². The summed E-state index contributed by atoms with van der Waals surface area (Å²) in [5, 5.41) is 21.8. The van der Waals surface area contributed by atoms with E-state index in [1.165, 1.54) is 6.39 Å². The Morgan fingerprint density at radius 3 is 2.95 bits per heavy atom. The predicted molar refractivity (Wildman–Crippen MR) is 65.8 cm³/mol. The van der Waals surface area contributed by atoms with Gasteiger partial charge < -0.3 is 9.84 Å². The Bertz CT molecular complexity index is 562. The van der Waals surface area contributed by atoms with Crippen molar-refractivity contribution in [1.29, 1.82) is 0 Å². The number of hydrogen-bond acceptors (Lipinski definition) is 7. The monoisotopic (exact) mass is 266 g/mol. The van der Waals surface area contributed by atoms with Crippen molar-refractivity contribution >= 4 is 11.5 Å². The largest absolute Gasteiger partial charge is 0.364 e. The smallest absolute Gasteiger partial charge is 0.333 e. The van der Waals surface area contributed by atoms with Crippen LogP contribution in [-0.4, -0.2) is 31.4 Å². The molecule has 0 fully saturated rings. The Kier molecular flexibility index (Phi) is 3.74. The number of rotatable bonds is 6. The first-order valence-corrected chi connectivity index (χ1v) is 5.84. The van der Waals surface area contributed by atoms with Crippen LogP contribution in [0.2, 0.25) is 0 Å². The van der Waals surface area contributed by atoms with Gasteiger partial charge in [-0.15, -0.1) is 0 Å². The summed E-state index contributed by atoms with van der Waals surface area (Å²) in [7, 11) is 0. The zero-order chi connectivity index (χ0) is 13.8. The maximum atomic E-state index is 11.0. The number of nitrogens with zero attached hydrogens (tertiary/aromatic N) is 5. The average molecular weight is 266 g/mol. The minimum atomic E-state index is -0.425. The number of nitrogens with one attached hydrogen (secondary N) is 1. The second-order valence-electron chi connectivity index (χ2n) is 3.88. The summed E-state index contributed by atoms with van der Waals surface area (Å²) in [6.45, 7) is 4.51. The third-order valence-electron chi connectivity index (χ3n) is 2.63. The van der Waals surface area contributed by atoms with Crippen molar-refractivity contribution in [2.75, 3.05) is 11.9 Å². The predicted octanol–water partition coefficient (Wildman–Crippen LogP) is 1.16. The first-order valence-electron chi connectivity index (χ1n) is 5.84. The molecule has 9 heteroatoms. The quantitative estimate of drug-likeness (QED) is 0.616. The van der Waals surface area contributed by atoms with Gasteiger partial charge in [-0.05, 0) is 13.8 Å². The van der Waals surface area contributed by atoms with Crippen LogP contribution in [0.3, 0.4) is 0 Å². The van der Waals surface area contributed by atoms with Crippen LogP contribution in [0.15, 0.2) is 10.9 Å². The van der Waals surface area contributed by atoms with Gasteiger partial charge in [0, 0.05) is 19.5 Å². The van der Waals surface area contributed by atoms with Crippen molar-refractivity contribution in [2.45, 2.75) is 26.8 Å². The molecule has 0 aliphatic heterocycles. The fraction of sp³-hybridized carbons (Fsp3) is 0.500. The molecule has 0 saturated carbocycles. The molecule has 2 heterocycles. The Morgan fingerprint density at radius 2 is 2.37 bits per heavy atom. The molecule has 0 atom stereocenters. The van der Waals surface area contributed by atoms with Gasteiger partial charge >= 0.3 is 5.69 Å². The van der Waals surface area contributed by atoms with Crippen LogP contribution in [-0.2, 0) is 13.0 Å². The van der Waals surface area contributed by atoms with Crippen LogP contribution in [0.5, 0.6) is 0 Å². The molecule has 0 aliphatic rings. The molecule has 0 aromatic carbocycles. The van der Waals surface area contributed by atoms with E-state index < -0.39 is 4.92 Å². The van der Waals surface area contributed by atoms with Gasteiger partial charge in [0.15, 0.2) is 5.82 Å². The van der Waals surface area contributed by atoms with E-state index in [0.717, 1.165) is 0 Å². The molecule has 0 saturated heterocycles. The maximum Gasteiger partial charge on any atom is 0.333 e. The summed E-state index contributed by atoms with van der Waals surface area (Å²) < 4.78 is 6.19. The lowest BCUT2D eigenvalue weighted by Gasteiger charge is -2.06. The first-order chi connectivity index (χ1) is 9.13. The molecule has 2 aromatic rings. The van der Waals surface area contributed by atoms with Gasteiger partial charge in [0.1, 0.15) is 5.69 Å². The van der Waals surface area contributed by atoms with Crippen molar-refractivity contribution in [3.63, 3.8) is 0 Å². The van der Waals surface area contributed by atoms with Gasteiger partial charge in [-0.2, -0.15) is 10.1 Å². The van der Waals surface area contributed by atoms with E-state index in [4.69, 9.17) is 0 Å². The zero-order valence-corrected chi connectivity index (χ0v) is 10.7. The molecular weight excluding hydrogens is 252 g/mol. The molecule has 2 rings (SSSR count). The summed E-state index contributed by atoms with van der Waals surface area (Å²) in [5.74, 6) is 0.961. The maximum absolute atomic E-state index is 11.0. The molecular formula is C10H14N6O3. The lowest BCUT2D eigenvalue weighted by molar-refractivity contribution is -0.384. The highest BCUT2D eigenvalue weighted by molar-refractivity contribution is 5.59. The molecule has 0 spiro atoms. The van der Waals surface area contributed by atoms with Crippen LogP contribution in [0.25, 0.3) is 0 Å². The zero-order valence-electron chi connectivity index (χ0n) is 10.7. The molecule has 19 heavy (non-hydrogen) atoms. The fourth-order valence-electron chi connectivity index (χ4n) is 1.79. The average Bonchev–Trinajstić information content (AvgIpc) is 2.97.